The van der Waals surface area contributed by atoms with E-state index < -0.39 is 41.6 Å². The van der Waals surface area contributed by atoms with Crippen molar-refractivity contribution in [2.75, 3.05) is 18.1 Å². The Morgan fingerprint density at radius 2 is 1.58 bits per heavy atom. The van der Waals surface area contributed by atoms with Gasteiger partial charge in [0.2, 0.25) is 5.91 Å². The van der Waals surface area contributed by atoms with E-state index in [-0.39, 0.29) is 55.8 Å². The maximum Gasteiger partial charge on any atom is 0.325 e. The highest BCUT2D eigenvalue weighted by molar-refractivity contribution is 6.11. The first-order chi connectivity index (χ1) is 23.7. The molecule has 0 fully saturated rings. The van der Waals surface area contributed by atoms with Gasteiger partial charge in [0, 0.05) is 19.0 Å². The fourth-order valence-corrected chi connectivity index (χ4v) is 6.00. The Kier molecular flexibility index (Phi) is 12.5. The highest BCUT2D eigenvalue weighted by Gasteiger charge is 2.45. The molecule has 0 saturated carbocycles. The Morgan fingerprint density at radius 1 is 0.940 bits per heavy atom. The van der Waals surface area contributed by atoms with Crippen LogP contribution >= 0.6 is 0 Å². The summed E-state index contributed by atoms with van der Waals surface area (Å²) in [6, 6.07) is 20.3. The minimum atomic E-state index is -1.05. The Bertz CT molecular complexity index is 1670. The first-order valence-corrected chi connectivity index (χ1v) is 17.0. The Balaban J connectivity index is 1.72. The quantitative estimate of drug-likeness (QED) is 0.238. The van der Waals surface area contributed by atoms with Crippen LogP contribution in [0.1, 0.15) is 93.5 Å². The molecule has 1 aliphatic heterocycles. The summed E-state index contributed by atoms with van der Waals surface area (Å²) in [6.07, 6.45) is 0.173. The molecule has 11 nitrogen and oxygen atoms in total. The molecule has 3 unspecified atom stereocenters. The topological polar surface area (TPSA) is 148 Å². The molecule has 0 saturated heterocycles. The number of hydrogen-bond donors (Lipinski definition) is 2. The van der Waals surface area contributed by atoms with Crippen LogP contribution in [0.3, 0.4) is 0 Å². The van der Waals surface area contributed by atoms with Crippen molar-refractivity contribution in [2.45, 2.75) is 90.6 Å². The minimum Gasteiger partial charge on any atom is -0.466 e. The van der Waals surface area contributed by atoms with Crippen LogP contribution in [0, 0.1) is 0 Å². The summed E-state index contributed by atoms with van der Waals surface area (Å²) in [5, 5.41) is 2.68. The smallest absolute Gasteiger partial charge is 0.325 e. The van der Waals surface area contributed by atoms with Crippen LogP contribution in [-0.4, -0.2) is 65.4 Å². The molecular formula is C39H48N4O7. The number of carbonyl (C=O) groups excluding carboxylic acids is 5. The van der Waals surface area contributed by atoms with Crippen molar-refractivity contribution in [3.05, 3.63) is 101 Å². The summed E-state index contributed by atoms with van der Waals surface area (Å²) in [6.45, 7) is 10.8. The van der Waals surface area contributed by atoms with E-state index in [0.717, 1.165) is 0 Å². The van der Waals surface area contributed by atoms with Crippen LogP contribution < -0.4 is 16.0 Å². The van der Waals surface area contributed by atoms with E-state index in [0.29, 0.717) is 22.4 Å². The molecule has 0 bridgehead atoms. The summed E-state index contributed by atoms with van der Waals surface area (Å²) in [4.78, 5) is 70.9. The van der Waals surface area contributed by atoms with Crippen molar-refractivity contribution >= 4 is 35.3 Å². The Morgan fingerprint density at radius 3 is 2.18 bits per heavy atom. The van der Waals surface area contributed by atoms with Crippen molar-refractivity contribution in [1.82, 2.24) is 10.2 Å². The molecule has 4 rings (SSSR count). The molecular weight excluding hydrogens is 636 g/mol. The number of benzene rings is 3. The molecule has 0 aliphatic carbocycles. The number of esters is 2. The average molecular weight is 685 g/mol. The fourth-order valence-electron chi connectivity index (χ4n) is 6.00. The number of hydrogen-bond acceptors (Lipinski definition) is 8. The average Bonchev–Trinajstić information content (AvgIpc) is 3.16. The standard InChI is InChI=1S/C39H48N4O7/c1-7-49-34(45)23-32(27-14-10-8-11-15-27)43-35(28-16-12-9-13-17-28)37(47)42(25(2)3)31-20-18-26(22-29(31)36(43)46)19-21-33(44)41-24-30(40)38(48)50-39(4,5)6/h8-18,20,22,25,30,32,35H,7,19,21,23-24,40H2,1-6H3,(H,41,44). The zero-order valence-electron chi connectivity index (χ0n) is 29.7. The van der Waals surface area contributed by atoms with Crippen molar-refractivity contribution in [3.8, 4) is 0 Å². The van der Waals surface area contributed by atoms with Crippen LogP contribution in [0.2, 0.25) is 0 Å². The summed E-state index contributed by atoms with van der Waals surface area (Å²) in [7, 11) is 0. The van der Waals surface area contributed by atoms with Gasteiger partial charge in [-0.25, -0.2) is 0 Å². The van der Waals surface area contributed by atoms with E-state index in [1.807, 2.05) is 74.5 Å². The van der Waals surface area contributed by atoms with E-state index in [1.165, 1.54) is 4.90 Å². The monoisotopic (exact) mass is 684 g/mol. The second-order valence-electron chi connectivity index (χ2n) is 13.6. The Labute approximate surface area is 294 Å². The largest absolute Gasteiger partial charge is 0.466 e. The molecule has 266 valence electrons. The normalized spacial score (nSPS) is 16.0. The number of amides is 3. The van der Waals surface area contributed by atoms with Crippen LogP contribution in [0.25, 0.3) is 0 Å². The number of fused-ring (bicyclic) bond motifs is 1. The number of nitrogens with one attached hydrogen (secondary N) is 1. The van der Waals surface area contributed by atoms with Crippen LogP contribution in [0.15, 0.2) is 78.9 Å². The van der Waals surface area contributed by atoms with Gasteiger partial charge in [-0.15, -0.1) is 0 Å². The molecule has 0 spiro atoms. The second-order valence-corrected chi connectivity index (χ2v) is 13.6. The lowest BCUT2D eigenvalue weighted by molar-refractivity contribution is -0.156. The SMILES string of the molecule is CCOC(=O)CC(c1ccccc1)N1C(=O)c2cc(CCC(=O)NCC(N)C(=O)OC(C)(C)C)ccc2N(C(C)C)C(=O)C1c1ccccc1. The minimum absolute atomic E-state index is 0.0622. The molecule has 50 heavy (non-hydrogen) atoms. The number of rotatable bonds is 13. The van der Waals surface area contributed by atoms with E-state index in [9.17, 15) is 24.0 Å². The maximum absolute atomic E-state index is 15.0. The Hall–Kier alpha value is -5.03. The number of carbonyl (C=O) groups is 5. The zero-order valence-corrected chi connectivity index (χ0v) is 29.7. The van der Waals surface area contributed by atoms with E-state index >= 15 is 0 Å². The van der Waals surface area contributed by atoms with Crippen LogP contribution in [0.4, 0.5) is 5.69 Å². The summed E-state index contributed by atoms with van der Waals surface area (Å²) >= 11 is 0. The predicted octanol–water partition coefficient (Wildman–Crippen LogP) is 5.04. The van der Waals surface area contributed by atoms with Gasteiger partial charge in [-0.1, -0.05) is 66.7 Å². The highest BCUT2D eigenvalue weighted by Crippen LogP contribution is 2.42. The molecule has 11 heteroatoms. The fraction of sp³-hybridized carbons (Fsp3) is 0.410. The third-order valence-corrected chi connectivity index (χ3v) is 8.22. The van der Waals surface area contributed by atoms with Crippen molar-refractivity contribution < 1.29 is 33.4 Å². The van der Waals surface area contributed by atoms with Gasteiger partial charge < -0.3 is 30.3 Å². The molecule has 3 aromatic carbocycles. The lowest BCUT2D eigenvalue weighted by atomic mass is 9.95. The summed E-state index contributed by atoms with van der Waals surface area (Å²) in [5.41, 5.74) is 7.92. The zero-order chi connectivity index (χ0) is 36.6. The molecule has 1 heterocycles. The van der Waals surface area contributed by atoms with Gasteiger partial charge in [0.25, 0.3) is 11.8 Å². The first-order valence-electron chi connectivity index (χ1n) is 17.0. The molecule has 1 aliphatic rings. The molecule has 3 amide bonds. The van der Waals surface area contributed by atoms with Gasteiger partial charge >= 0.3 is 11.9 Å². The van der Waals surface area contributed by atoms with Gasteiger partial charge in [-0.05, 0) is 76.8 Å². The lowest BCUT2D eigenvalue weighted by Crippen LogP contribution is -2.46. The van der Waals surface area contributed by atoms with E-state index in [1.54, 1.807) is 50.8 Å². The van der Waals surface area contributed by atoms with Gasteiger partial charge in [-0.2, -0.15) is 0 Å². The van der Waals surface area contributed by atoms with Crippen molar-refractivity contribution in [1.29, 1.82) is 0 Å². The number of nitrogens with two attached hydrogens (primary N) is 1. The summed E-state index contributed by atoms with van der Waals surface area (Å²) in [5.74, 6) is -2.17. The van der Waals surface area contributed by atoms with Gasteiger partial charge in [0.15, 0.2) is 0 Å². The number of nitrogens with zero attached hydrogens (tertiary/aromatic N) is 2. The number of aryl methyl sites for hydroxylation is 1. The molecule has 0 aromatic heterocycles. The number of anilines is 1. The van der Waals surface area contributed by atoms with Crippen LogP contribution in [0.5, 0.6) is 0 Å². The lowest BCUT2D eigenvalue weighted by Gasteiger charge is -2.37. The second kappa shape index (κ2) is 16.6. The number of ether oxygens (including phenoxy) is 2. The van der Waals surface area contributed by atoms with E-state index in [4.69, 9.17) is 15.2 Å². The third kappa shape index (κ3) is 9.35. The van der Waals surface area contributed by atoms with Crippen molar-refractivity contribution in [2.24, 2.45) is 5.73 Å². The van der Waals surface area contributed by atoms with Gasteiger partial charge in [0.1, 0.15) is 17.7 Å². The first kappa shape index (κ1) is 37.8. The van der Waals surface area contributed by atoms with Gasteiger partial charge in [0.05, 0.1) is 30.3 Å². The van der Waals surface area contributed by atoms with Gasteiger partial charge in [-0.3, -0.25) is 24.0 Å². The molecule has 0 radical (unpaired) electrons. The highest BCUT2D eigenvalue weighted by atomic mass is 16.6. The van der Waals surface area contributed by atoms with Crippen LogP contribution in [-0.2, 0) is 35.1 Å². The van der Waals surface area contributed by atoms with E-state index in [2.05, 4.69) is 5.32 Å². The molecule has 3 aromatic rings. The maximum atomic E-state index is 15.0. The summed E-state index contributed by atoms with van der Waals surface area (Å²) < 4.78 is 10.6. The third-order valence-electron chi connectivity index (χ3n) is 8.22. The molecule has 3 atom stereocenters. The predicted molar refractivity (Wildman–Crippen MR) is 190 cm³/mol. The van der Waals surface area contributed by atoms with Crippen molar-refractivity contribution in [3.63, 3.8) is 0 Å². The molecule has 3 N–H and O–H groups in total.